The van der Waals surface area contributed by atoms with E-state index >= 15 is 0 Å². The van der Waals surface area contributed by atoms with Crippen LogP contribution in [-0.2, 0) is 23.7 Å². The fraction of sp³-hybridized carbons (Fsp3) is 0.733. The summed E-state index contributed by atoms with van der Waals surface area (Å²) in [5.74, 6) is 1.66. The molecule has 0 spiro atoms. The predicted octanol–water partition coefficient (Wildman–Crippen LogP) is 3.20. The lowest BCUT2D eigenvalue weighted by atomic mass is 9.51. The van der Waals surface area contributed by atoms with Crippen molar-refractivity contribution in [2.75, 3.05) is 4.84 Å². The topological polar surface area (TPSA) is 46.9 Å². The van der Waals surface area contributed by atoms with E-state index in [0.717, 1.165) is 30.8 Å². The van der Waals surface area contributed by atoms with Gasteiger partial charge in [-0.2, -0.15) is 5.10 Å². The summed E-state index contributed by atoms with van der Waals surface area (Å²) in [5, 5.41) is 4.73. The van der Waals surface area contributed by atoms with E-state index in [4.69, 9.17) is 16.9 Å². The van der Waals surface area contributed by atoms with Crippen molar-refractivity contribution in [3.8, 4) is 0 Å². The molecular weight excluding hydrogens is 274 g/mol. The molecule has 1 saturated carbocycles. The Morgan fingerprint density at radius 3 is 2.70 bits per heavy atom. The third-order valence-electron chi connectivity index (χ3n) is 5.69. The van der Waals surface area contributed by atoms with Gasteiger partial charge in [-0.3, -0.25) is 14.3 Å². The van der Waals surface area contributed by atoms with Crippen molar-refractivity contribution in [1.29, 1.82) is 0 Å². The molecule has 2 atom stereocenters. The number of fused-ring (bicyclic) bond motifs is 3. The average Bonchev–Trinajstić information content (AvgIpc) is 2.71. The summed E-state index contributed by atoms with van der Waals surface area (Å²) in [4.78, 5) is 15.0. The molecule has 1 aromatic heterocycles. The number of carbonyl (C=O) groups is 1. The largest absolute Gasteiger partial charge is 0.299 e. The van der Waals surface area contributed by atoms with Gasteiger partial charge in [-0.15, -0.1) is 0 Å². The molecule has 1 aromatic rings. The summed E-state index contributed by atoms with van der Waals surface area (Å²) in [6, 6.07) is 0. The molecule has 4 nitrogen and oxygen atoms in total. The van der Waals surface area contributed by atoms with Gasteiger partial charge in [0.15, 0.2) is 0 Å². The van der Waals surface area contributed by atoms with Gasteiger partial charge >= 0.3 is 0 Å². The first-order valence-corrected chi connectivity index (χ1v) is 7.66. The minimum absolute atomic E-state index is 0.0191. The van der Waals surface area contributed by atoms with Crippen LogP contribution in [0.2, 0.25) is 0 Å². The molecule has 5 heteroatoms. The van der Waals surface area contributed by atoms with E-state index in [0.29, 0.717) is 18.1 Å². The monoisotopic (exact) mass is 295 g/mol. The maximum Gasteiger partial charge on any atom is 0.141 e. The first-order valence-electron chi connectivity index (χ1n) is 7.28. The van der Waals surface area contributed by atoms with Gasteiger partial charge in [0.2, 0.25) is 0 Å². The zero-order valence-electron chi connectivity index (χ0n) is 12.6. The van der Waals surface area contributed by atoms with Crippen LogP contribution in [0.15, 0.2) is 0 Å². The number of hydrogen-bond acceptors (Lipinski definition) is 3. The number of aromatic nitrogens is 2. The average molecular weight is 296 g/mol. The Balaban J connectivity index is 2.14. The van der Waals surface area contributed by atoms with Crippen molar-refractivity contribution < 1.29 is 4.79 Å². The molecule has 3 rings (SSSR count). The van der Waals surface area contributed by atoms with E-state index in [9.17, 15) is 4.79 Å². The summed E-state index contributed by atoms with van der Waals surface area (Å²) in [6.07, 6.45) is 3.51. The molecule has 2 aliphatic carbocycles. The highest BCUT2D eigenvalue weighted by atomic mass is 35.5. The maximum atomic E-state index is 12.3. The summed E-state index contributed by atoms with van der Waals surface area (Å²) in [7, 11) is 1.92. The van der Waals surface area contributed by atoms with Gasteiger partial charge < -0.3 is 0 Å². The van der Waals surface area contributed by atoms with E-state index in [2.05, 4.69) is 25.6 Å². The van der Waals surface area contributed by atoms with Crippen LogP contribution >= 0.6 is 11.8 Å². The number of carbonyl (C=O) groups excluding carboxylic acids is 1. The molecule has 0 aromatic carbocycles. The zero-order chi connectivity index (χ0) is 14.7. The lowest BCUT2D eigenvalue weighted by Crippen LogP contribution is -2.52. The second-order valence-corrected chi connectivity index (χ2v) is 7.24. The third-order valence-corrected chi connectivity index (χ3v) is 5.87. The predicted molar refractivity (Wildman–Crippen MR) is 79.9 cm³/mol. The fourth-order valence-corrected chi connectivity index (χ4v) is 4.73. The molecular formula is C15H22ClN3O. The Labute approximate surface area is 125 Å². The van der Waals surface area contributed by atoms with E-state index in [1.54, 1.807) is 0 Å². The second kappa shape index (κ2) is 4.23. The molecule has 2 aliphatic rings. The minimum Gasteiger partial charge on any atom is -0.299 e. The number of aryl methyl sites for hydroxylation is 1. The Morgan fingerprint density at radius 2 is 2.05 bits per heavy atom. The second-order valence-electron chi connectivity index (χ2n) is 7.05. The van der Waals surface area contributed by atoms with Gasteiger partial charge in [-0.05, 0) is 25.2 Å². The molecule has 0 amide bonds. The van der Waals surface area contributed by atoms with Gasteiger partial charge in [0.1, 0.15) is 11.6 Å². The van der Waals surface area contributed by atoms with Crippen molar-refractivity contribution in [2.24, 2.45) is 18.4 Å². The lowest BCUT2D eigenvalue weighted by Gasteiger charge is -2.51. The number of ketones is 1. The number of Topliss-reactive ketones (excluding diaryl/α,β-unsaturated/α-hetero) is 1. The highest BCUT2D eigenvalue weighted by Gasteiger charge is 2.55. The number of anilines is 1. The van der Waals surface area contributed by atoms with Crippen molar-refractivity contribution in [1.82, 2.24) is 9.78 Å². The molecule has 20 heavy (non-hydrogen) atoms. The van der Waals surface area contributed by atoms with Crippen LogP contribution in [0.4, 0.5) is 5.82 Å². The molecule has 1 fully saturated rings. The van der Waals surface area contributed by atoms with Crippen LogP contribution in [0.25, 0.3) is 0 Å². The lowest BCUT2D eigenvalue weighted by molar-refractivity contribution is -0.137. The quantitative estimate of drug-likeness (QED) is 0.809. The van der Waals surface area contributed by atoms with Crippen molar-refractivity contribution in [3.05, 3.63) is 11.3 Å². The first kappa shape index (κ1) is 13.9. The number of hydrogen-bond donors (Lipinski definition) is 1. The fourth-order valence-electron chi connectivity index (χ4n) is 4.49. The number of nitrogens with zero attached hydrogens (tertiary/aromatic N) is 2. The standard InChI is InChI=1S/C15H22ClN3O/c1-14(2)10-6-5-9-12(18-19(4)13(9)17-16)15(10,3)8-7-11(14)20/h10,17H,5-8H2,1-4H3/t10-,15-/m0/s1. The SMILES string of the molecule is Cn1nc2c(c1NCl)CC[C@H]1C(C)(C)C(=O)CC[C@]21C. The number of nitrogens with one attached hydrogen (secondary N) is 1. The van der Waals surface area contributed by atoms with E-state index in [1.165, 1.54) is 5.56 Å². The zero-order valence-corrected chi connectivity index (χ0v) is 13.3. The van der Waals surface area contributed by atoms with Crippen molar-refractivity contribution in [2.45, 2.75) is 51.9 Å². The van der Waals surface area contributed by atoms with E-state index < -0.39 is 0 Å². The Bertz CT molecular complexity index is 578. The summed E-state index contributed by atoms with van der Waals surface area (Å²) in [5.41, 5.74) is 2.09. The van der Waals surface area contributed by atoms with Crippen molar-refractivity contribution in [3.63, 3.8) is 0 Å². The Morgan fingerprint density at radius 1 is 1.35 bits per heavy atom. The summed E-state index contributed by atoms with van der Waals surface area (Å²) >= 11 is 5.85. The van der Waals surface area contributed by atoms with Crippen LogP contribution in [0.3, 0.4) is 0 Å². The molecule has 1 N–H and O–H groups in total. The highest BCUT2D eigenvalue weighted by Crippen LogP contribution is 2.56. The van der Waals surface area contributed by atoms with Crippen molar-refractivity contribution >= 4 is 23.4 Å². The summed E-state index contributed by atoms with van der Waals surface area (Å²) < 4.78 is 1.83. The Hall–Kier alpha value is -1.03. The molecule has 0 bridgehead atoms. The van der Waals surface area contributed by atoms with Crippen LogP contribution in [0, 0.1) is 11.3 Å². The van der Waals surface area contributed by atoms with Crippen LogP contribution < -0.4 is 4.84 Å². The molecule has 0 unspecified atom stereocenters. The van der Waals surface area contributed by atoms with E-state index in [1.807, 2.05) is 11.7 Å². The minimum atomic E-state index is -0.253. The highest BCUT2D eigenvalue weighted by molar-refractivity contribution is 6.23. The van der Waals surface area contributed by atoms with Crippen LogP contribution in [0.5, 0.6) is 0 Å². The van der Waals surface area contributed by atoms with Crippen LogP contribution in [0.1, 0.15) is 51.3 Å². The molecule has 0 radical (unpaired) electrons. The van der Waals surface area contributed by atoms with Gasteiger partial charge in [0, 0.05) is 41.6 Å². The summed E-state index contributed by atoms with van der Waals surface area (Å²) in [6.45, 7) is 6.48. The van der Waals surface area contributed by atoms with Gasteiger partial charge in [0.25, 0.3) is 0 Å². The molecule has 0 saturated heterocycles. The maximum absolute atomic E-state index is 12.3. The number of rotatable bonds is 1. The normalized spacial score (nSPS) is 31.6. The van der Waals surface area contributed by atoms with E-state index in [-0.39, 0.29) is 10.8 Å². The van der Waals surface area contributed by atoms with Crippen LogP contribution in [-0.4, -0.2) is 15.6 Å². The number of halogens is 1. The molecule has 1 heterocycles. The molecule has 0 aliphatic heterocycles. The van der Waals surface area contributed by atoms with Gasteiger partial charge in [0.05, 0.1) is 5.69 Å². The molecule has 110 valence electrons. The van der Waals surface area contributed by atoms with Gasteiger partial charge in [-0.25, -0.2) is 0 Å². The Kier molecular flexibility index (Phi) is 2.95. The first-order chi connectivity index (χ1) is 9.32. The smallest absolute Gasteiger partial charge is 0.141 e. The third kappa shape index (κ3) is 1.60. The van der Waals surface area contributed by atoms with Gasteiger partial charge in [-0.1, -0.05) is 20.8 Å².